The summed E-state index contributed by atoms with van der Waals surface area (Å²) in [7, 11) is 0. The van der Waals surface area contributed by atoms with E-state index >= 15 is 0 Å². The third kappa shape index (κ3) is 2.49. The molecule has 1 atom stereocenters. The van der Waals surface area contributed by atoms with Gasteiger partial charge in [0.05, 0.1) is 17.5 Å². The highest BCUT2D eigenvalue weighted by Gasteiger charge is 2.34. The molecule has 0 amide bonds. The van der Waals surface area contributed by atoms with Gasteiger partial charge in [-0.25, -0.2) is 0 Å². The van der Waals surface area contributed by atoms with E-state index in [1.54, 1.807) is 11.8 Å². The van der Waals surface area contributed by atoms with Gasteiger partial charge in [-0.1, -0.05) is 0 Å². The molecule has 1 aliphatic heterocycles. The van der Waals surface area contributed by atoms with Crippen molar-refractivity contribution in [3.05, 3.63) is 0 Å². The molecule has 1 aliphatic rings. The SMILES string of the molecule is CC(C)OCC1(C=O)CCCS1. The van der Waals surface area contributed by atoms with Gasteiger partial charge >= 0.3 is 0 Å². The van der Waals surface area contributed by atoms with Crippen LogP contribution in [-0.2, 0) is 9.53 Å². The molecular weight excluding hydrogens is 172 g/mol. The molecule has 0 N–H and O–H groups in total. The van der Waals surface area contributed by atoms with Gasteiger partial charge in [-0.2, -0.15) is 0 Å². The fraction of sp³-hybridized carbons (Fsp3) is 0.889. The molecule has 0 aromatic carbocycles. The van der Waals surface area contributed by atoms with E-state index in [4.69, 9.17) is 4.74 Å². The van der Waals surface area contributed by atoms with Crippen LogP contribution < -0.4 is 0 Å². The number of hydrogen-bond acceptors (Lipinski definition) is 3. The summed E-state index contributed by atoms with van der Waals surface area (Å²) in [6.45, 7) is 4.58. The third-order valence-electron chi connectivity index (χ3n) is 2.01. The topological polar surface area (TPSA) is 26.3 Å². The van der Waals surface area contributed by atoms with Crippen molar-refractivity contribution < 1.29 is 9.53 Å². The minimum Gasteiger partial charge on any atom is -0.377 e. The monoisotopic (exact) mass is 188 g/mol. The lowest BCUT2D eigenvalue weighted by atomic mass is 10.1. The first kappa shape index (κ1) is 10.1. The van der Waals surface area contributed by atoms with Gasteiger partial charge in [-0.05, 0) is 32.4 Å². The van der Waals surface area contributed by atoms with Crippen LogP contribution in [0.4, 0.5) is 0 Å². The van der Waals surface area contributed by atoms with Crippen molar-refractivity contribution in [2.45, 2.75) is 37.5 Å². The maximum Gasteiger partial charge on any atom is 0.138 e. The Bertz CT molecular complexity index is 151. The minimum absolute atomic E-state index is 0.218. The second-order valence-electron chi connectivity index (χ2n) is 3.49. The Kier molecular flexibility index (Phi) is 3.59. The van der Waals surface area contributed by atoms with Gasteiger partial charge in [0, 0.05) is 0 Å². The van der Waals surface area contributed by atoms with E-state index < -0.39 is 0 Å². The smallest absolute Gasteiger partial charge is 0.138 e. The summed E-state index contributed by atoms with van der Waals surface area (Å²) in [4.78, 5) is 10.8. The van der Waals surface area contributed by atoms with E-state index in [9.17, 15) is 4.79 Å². The Morgan fingerprint density at radius 3 is 2.83 bits per heavy atom. The lowest BCUT2D eigenvalue weighted by Gasteiger charge is -2.21. The number of carbonyl (C=O) groups excluding carboxylic acids is 1. The summed E-state index contributed by atoms with van der Waals surface area (Å²) >= 11 is 1.74. The van der Waals surface area contributed by atoms with E-state index in [1.165, 1.54) is 0 Å². The van der Waals surface area contributed by atoms with Crippen molar-refractivity contribution in [1.82, 2.24) is 0 Å². The summed E-state index contributed by atoms with van der Waals surface area (Å²) in [5, 5.41) is 0. The molecule has 0 bridgehead atoms. The Morgan fingerprint density at radius 2 is 2.42 bits per heavy atom. The highest BCUT2D eigenvalue weighted by atomic mass is 32.2. The van der Waals surface area contributed by atoms with Crippen LogP contribution in [0.1, 0.15) is 26.7 Å². The highest BCUT2D eigenvalue weighted by molar-refractivity contribution is 8.01. The standard InChI is InChI=1S/C9H16O2S/c1-8(2)11-7-9(6-10)4-3-5-12-9/h6,8H,3-5,7H2,1-2H3. The predicted octanol–water partition coefficient (Wildman–Crippen LogP) is 1.88. The van der Waals surface area contributed by atoms with Gasteiger partial charge in [0.2, 0.25) is 0 Å². The molecular formula is C9H16O2S. The van der Waals surface area contributed by atoms with E-state index in [0.717, 1.165) is 24.9 Å². The van der Waals surface area contributed by atoms with Crippen molar-refractivity contribution in [2.75, 3.05) is 12.4 Å². The van der Waals surface area contributed by atoms with E-state index in [-0.39, 0.29) is 10.9 Å². The predicted molar refractivity (Wildman–Crippen MR) is 51.6 cm³/mol. The number of carbonyl (C=O) groups is 1. The molecule has 1 rings (SSSR count). The third-order valence-corrected chi connectivity index (χ3v) is 3.50. The fourth-order valence-corrected chi connectivity index (χ4v) is 2.47. The zero-order chi connectivity index (χ0) is 9.03. The number of aldehydes is 1. The second-order valence-corrected chi connectivity index (χ2v) is 5.00. The summed E-state index contributed by atoms with van der Waals surface area (Å²) < 4.78 is 5.25. The van der Waals surface area contributed by atoms with Crippen LogP contribution in [0, 0.1) is 0 Å². The first-order valence-electron chi connectivity index (χ1n) is 4.40. The molecule has 12 heavy (non-hydrogen) atoms. The van der Waals surface area contributed by atoms with Crippen LogP contribution in [-0.4, -0.2) is 29.5 Å². The molecule has 0 aliphatic carbocycles. The molecule has 1 fully saturated rings. The largest absolute Gasteiger partial charge is 0.377 e. The normalized spacial score (nSPS) is 29.6. The fourth-order valence-electron chi connectivity index (χ4n) is 1.27. The molecule has 1 saturated heterocycles. The average Bonchev–Trinajstić information content (AvgIpc) is 2.50. The molecule has 0 aromatic rings. The Hall–Kier alpha value is -0.0200. The van der Waals surface area contributed by atoms with E-state index in [1.807, 2.05) is 13.8 Å². The molecule has 70 valence electrons. The average molecular weight is 188 g/mol. The Labute approximate surface area is 78.1 Å². The first-order chi connectivity index (χ1) is 5.68. The molecule has 0 radical (unpaired) electrons. The number of hydrogen-bond donors (Lipinski definition) is 0. The number of thioether (sulfide) groups is 1. The molecule has 1 unspecified atom stereocenters. The Balaban J connectivity index is 2.39. The van der Waals surface area contributed by atoms with Crippen LogP contribution in [0.25, 0.3) is 0 Å². The lowest BCUT2D eigenvalue weighted by molar-refractivity contribution is -0.111. The Morgan fingerprint density at radius 1 is 1.67 bits per heavy atom. The van der Waals surface area contributed by atoms with Gasteiger partial charge in [-0.15, -0.1) is 11.8 Å². The molecule has 2 nitrogen and oxygen atoms in total. The quantitative estimate of drug-likeness (QED) is 0.630. The van der Waals surface area contributed by atoms with Crippen LogP contribution in [0.2, 0.25) is 0 Å². The summed E-state index contributed by atoms with van der Waals surface area (Å²) in [5.74, 6) is 1.10. The summed E-state index contributed by atoms with van der Waals surface area (Å²) in [6, 6.07) is 0. The first-order valence-corrected chi connectivity index (χ1v) is 5.39. The zero-order valence-corrected chi connectivity index (χ0v) is 8.52. The highest BCUT2D eigenvalue weighted by Crippen LogP contribution is 2.36. The molecule has 3 heteroatoms. The van der Waals surface area contributed by atoms with Gasteiger partial charge in [-0.3, -0.25) is 0 Å². The van der Waals surface area contributed by atoms with Crippen molar-refractivity contribution in [3.8, 4) is 0 Å². The molecule has 1 heterocycles. The van der Waals surface area contributed by atoms with Crippen molar-refractivity contribution in [3.63, 3.8) is 0 Å². The van der Waals surface area contributed by atoms with Crippen molar-refractivity contribution in [2.24, 2.45) is 0 Å². The van der Waals surface area contributed by atoms with Crippen LogP contribution >= 0.6 is 11.8 Å². The van der Waals surface area contributed by atoms with Gasteiger partial charge in [0.1, 0.15) is 6.29 Å². The van der Waals surface area contributed by atoms with E-state index in [2.05, 4.69) is 0 Å². The summed E-state index contributed by atoms with van der Waals surface area (Å²) in [5.41, 5.74) is 0. The second kappa shape index (κ2) is 4.28. The van der Waals surface area contributed by atoms with Crippen LogP contribution in [0.3, 0.4) is 0 Å². The van der Waals surface area contributed by atoms with E-state index in [0.29, 0.717) is 6.61 Å². The van der Waals surface area contributed by atoms with Gasteiger partial charge in [0.25, 0.3) is 0 Å². The van der Waals surface area contributed by atoms with Gasteiger partial charge < -0.3 is 9.53 Å². The molecule has 0 spiro atoms. The maximum atomic E-state index is 10.8. The maximum absolute atomic E-state index is 10.8. The summed E-state index contributed by atoms with van der Waals surface area (Å²) in [6.07, 6.45) is 3.41. The van der Waals surface area contributed by atoms with Crippen LogP contribution in [0.15, 0.2) is 0 Å². The zero-order valence-electron chi connectivity index (χ0n) is 7.71. The molecule has 0 aromatic heterocycles. The lowest BCUT2D eigenvalue weighted by Crippen LogP contribution is -2.31. The van der Waals surface area contributed by atoms with Crippen molar-refractivity contribution >= 4 is 18.0 Å². The number of rotatable bonds is 4. The minimum atomic E-state index is -0.218. The van der Waals surface area contributed by atoms with Crippen molar-refractivity contribution in [1.29, 1.82) is 0 Å². The number of ether oxygens (including phenoxy) is 1. The van der Waals surface area contributed by atoms with Crippen LogP contribution in [0.5, 0.6) is 0 Å². The molecule has 0 saturated carbocycles. The van der Waals surface area contributed by atoms with Gasteiger partial charge in [0.15, 0.2) is 0 Å².